The van der Waals surface area contributed by atoms with E-state index < -0.39 is 37.9 Å². The number of sulfonamides is 1. The Morgan fingerprint density at radius 1 is 1.56 bits per heavy atom. The number of nitrogens with zero attached hydrogens (tertiary/aromatic N) is 1. The van der Waals surface area contributed by atoms with Crippen molar-refractivity contribution in [2.24, 2.45) is 5.14 Å². The molecular formula is C7H7ClF2N2O3S. The van der Waals surface area contributed by atoms with E-state index in [9.17, 15) is 17.2 Å². The molecule has 0 spiro atoms. The lowest BCUT2D eigenvalue weighted by atomic mass is 10.3. The smallest absolute Gasteiger partial charge is 0.280 e. The monoisotopic (exact) mass is 272 g/mol. The van der Waals surface area contributed by atoms with Crippen molar-refractivity contribution in [3.8, 4) is 5.88 Å². The van der Waals surface area contributed by atoms with Gasteiger partial charge in [-0.3, -0.25) is 0 Å². The Hall–Kier alpha value is -0.990. The largest absolute Gasteiger partial charge is 0.480 e. The van der Waals surface area contributed by atoms with Crippen LogP contribution in [-0.4, -0.2) is 20.5 Å². The fourth-order valence-electron chi connectivity index (χ4n) is 0.956. The van der Waals surface area contributed by atoms with Crippen molar-refractivity contribution in [1.29, 1.82) is 0 Å². The standard InChI is InChI=1S/C7H7ClF2N2O3S/c1-15-7-5(8)4(16(11,13)14)2-3(12-7)6(9)10/h2,6H,1H3,(H2,11,13,14). The lowest BCUT2D eigenvalue weighted by Crippen LogP contribution is -2.14. The molecule has 0 aliphatic heterocycles. The van der Waals surface area contributed by atoms with Crippen LogP contribution in [0.25, 0.3) is 0 Å². The molecule has 2 N–H and O–H groups in total. The van der Waals surface area contributed by atoms with Gasteiger partial charge in [0, 0.05) is 0 Å². The molecule has 0 saturated heterocycles. The van der Waals surface area contributed by atoms with E-state index in [-0.39, 0.29) is 0 Å². The van der Waals surface area contributed by atoms with Crippen molar-refractivity contribution < 1.29 is 21.9 Å². The van der Waals surface area contributed by atoms with Gasteiger partial charge in [-0.2, -0.15) is 0 Å². The maximum atomic E-state index is 12.4. The molecule has 90 valence electrons. The van der Waals surface area contributed by atoms with Crippen molar-refractivity contribution in [2.45, 2.75) is 11.3 Å². The van der Waals surface area contributed by atoms with E-state index in [2.05, 4.69) is 9.72 Å². The summed E-state index contributed by atoms with van der Waals surface area (Å²) in [5.74, 6) is -0.413. The summed E-state index contributed by atoms with van der Waals surface area (Å²) in [5.41, 5.74) is -0.773. The van der Waals surface area contributed by atoms with Crippen molar-refractivity contribution in [1.82, 2.24) is 4.98 Å². The minimum absolute atomic E-state index is 0.413. The molecule has 1 aromatic heterocycles. The molecule has 0 radical (unpaired) electrons. The number of alkyl halides is 2. The summed E-state index contributed by atoms with van der Waals surface area (Å²) in [6.45, 7) is 0. The lowest BCUT2D eigenvalue weighted by Gasteiger charge is -2.08. The van der Waals surface area contributed by atoms with Crippen LogP contribution in [0.4, 0.5) is 8.78 Å². The molecule has 0 bridgehead atoms. The van der Waals surface area contributed by atoms with Crippen LogP contribution in [-0.2, 0) is 10.0 Å². The highest BCUT2D eigenvalue weighted by Crippen LogP contribution is 2.32. The first kappa shape index (κ1) is 13.1. The van der Waals surface area contributed by atoms with Crippen LogP contribution in [0, 0.1) is 0 Å². The van der Waals surface area contributed by atoms with Gasteiger partial charge in [-0.05, 0) is 6.07 Å². The molecule has 0 atom stereocenters. The third-order valence-corrected chi connectivity index (χ3v) is 3.05. The van der Waals surface area contributed by atoms with Crippen molar-refractivity contribution in [2.75, 3.05) is 7.11 Å². The predicted octanol–water partition coefficient (Wildman–Crippen LogP) is 1.33. The number of primary sulfonamides is 1. The third kappa shape index (κ3) is 2.57. The molecule has 1 aromatic rings. The zero-order valence-electron chi connectivity index (χ0n) is 7.95. The molecule has 0 aliphatic rings. The summed E-state index contributed by atoms with van der Waals surface area (Å²) in [5, 5.41) is 4.39. The first-order chi connectivity index (χ1) is 7.27. The molecule has 0 amide bonds. The van der Waals surface area contributed by atoms with Crippen molar-refractivity contribution in [3.05, 3.63) is 16.8 Å². The molecule has 1 rings (SSSR count). The van der Waals surface area contributed by atoms with E-state index in [1.54, 1.807) is 0 Å². The maximum Gasteiger partial charge on any atom is 0.280 e. The van der Waals surface area contributed by atoms with Crippen molar-refractivity contribution >= 4 is 21.6 Å². The summed E-state index contributed by atoms with van der Waals surface area (Å²) in [6.07, 6.45) is -2.95. The van der Waals surface area contributed by atoms with Crippen LogP contribution < -0.4 is 9.88 Å². The number of ether oxygens (including phenoxy) is 1. The predicted molar refractivity (Wildman–Crippen MR) is 52.1 cm³/mol. The van der Waals surface area contributed by atoms with E-state index in [1.807, 2.05) is 0 Å². The van der Waals surface area contributed by atoms with E-state index in [4.69, 9.17) is 16.7 Å². The summed E-state index contributed by atoms with van der Waals surface area (Å²) in [4.78, 5) is 2.70. The van der Waals surface area contributed by atoms with Crippen molar-refractivity contribution in [3.63, 3.8) is 0 Å². The Bertz CT molecular complexity index is 507. The first-order valence-corrected chi connectivity index (χ1v) is 5.75. The Morgan fingerprint density at radius 3 is 2.50 bits per heavy atom. The second kappa shape index (κ2) is 4.48. The van der Waals surface area contributed by atoms with Gasteiger partial charge in [0.1, 0.15) is 15.6 Å². The van der Waals surface area contributed by atoms with Gasteiger partial charge >= 0.3 is 0 Å². The van der Waals surface area contributed by atoms with E-state index in [0.29, 0.717) is 6.07 Å². The third-order valence-electron chi connectivity index (χ3n) is 1.64. The fourth-order valence-corrected chi connectivity index (χ4v) is 2.07. The van der Waals surface area contributed by atoms with Gasteiger partial charge in [0.15, 0.2) is 0 Å². The van der Waals surface area contributed by atoms with Gasteiger partial charge in [-0.25, -0.2) is 27.3 Å². The van der Waals surface area contributed by atoms with Crippen LogP contribution in [0.5, 0.6) is 5.88 Å². The van der Waals surface area contributed by atoms with Crippen LogP contribution in [0.3, 0.4) is 0 Å². The summed E-state index contributed by atoms with van der Waals surface area (Å²) < 4.78 is 51.5. The molecule has 1 heterocycles. The summed E-state index contributed by atoms with van der Waals surface area (Å²) >= 11 is 5.58. The quantitative estimate of drug-likeness (QED) is 0.900. The number of methoxy groups -OCH3 is 1. The van der Waals surface area contributed by atoms with Crippen LogP contribution in [0.1, 0.15) is 12.1 Å². The van der Waals surface area contributed by atoms with E-state index >= 15 is 0 Å². The summed E-state index contributed by atoms with van der Waals surface area (Å²) in [6, 6.07) is 0.616. The van der Waals surface area contributed by atoms with Gasteiger partial charge in [0.25, 0.3) is 6.43 Å². The Kier molecular flexibility index (Phi) is 3.66. The minimum Gasteiger partial charge on any atom is -0.480 e. The minimum atomic E-state index is -4.21. The number of hydrogen-bond acceptors (Lipinski definition) is 4. The van der Waals surface area contributed by atoms with Crippen LogP contribution in [0.2, 0.25) is 5.02 Å². The Labute approximate surface area is 95.2 Å². The lowest BCUT2D eigenvalue weighted by molar-refractivity contribution is 0.144. The maximum absolute atomic E-state index is 12.4. The molecule has 16 heavy (non-hydrogen) atoms. The number of halogens is 3. The molecule has 0 aromatic carbocycles. The van der Waals surface area contributed by atoms with Gasteiger partial charge < -0.3 is 4.74 Å². The van der Waals surface area contributed by atoms with Gasteiger partial charge in [0.2, 0.25) is 15.9 Å². The average Bonchev–Trinajstić information content (AvgIpc) is 2.15. The molecule has 0 saturated carbocycles. The van der Waals surface area contributed by atoms with E-state index in [0.717, 1.165) is 7.11 Å². The Morgan fingerprint density at radius 2 is 2.12 bits per heavy atom. The number of aromatic nitrogens is 1. The van der Waals surface area contributed by atoms with Gasteiger partial charge in [-0.1, -0.05) is 11.6 Å². The number of pyridine rings is 1. The number of rotatable bonds is 3. The highest BCUT2D eigenvalue weighted by atomic mass is 35.5. The molecule has 9 heteroatoms. The zero-order valence-corrected chi connectivity index (χ0v) is 9.52. The fraction of sp³-hybridized carbons (Fsp3) is 0.286. The first-order valence-electron chi connectivity index (χ1n) is 3.82. The second-order valence-corrected chi connectivity index (χ2v) is 4.62. The Balaban J connectivity index is 3.55. The topological polar surface area (TPSA) is 82.3 Å². The molecule has 0 unspecified atom stereocenters. The average molecular weight is 273 g/mol. The number of nitrogens with two attached hydrogens (primary N) is 1. The molecule has 0 fully saturated rings. The molecule has 0 aliphatic carbocycles. The molecule has 5 nitrogen and oxygen atoms in total. The highest BCUT2D eigenvalue weighted by Gasteiger charge is 2.22. The van der Waals surface area contributed by atoms with E-state index in [1.165, 1.54) is 0 Å². The molecular weight excluding hydrogens is 266 g/mol. The SMILES string of the molecule is COc1nc(C(F)F)cc(S(N)(=O)=O)c1Cl. The van der Waals surface area contributed by atoms with Gasteiger partial charge in [0.05, 0.1) is 7.11 Å². The van der Waals surface area contributed by atoms with Crippen LogP contribution >= 0.6 is 11.6 Å². The van der Waals surface area contributed by atoms with Gasteiger partial charge in [-0.15, -0.1) is 0 Å². The second-order valence-electron chi connectivity index (χ2n) is 2.71. The summed E-state index contributed by atoms with van der Waals surface area (Å²) in [7, 11) is -3.09. The van der Waals surface area contributed by atoms with Crippen LogP contribution in [0.15, 0.2) is 11.0 Å². The normalized spacial score (nSPS) is 11.9. The highest BCUT2D eigenvalue weighted by molar-refractivity contribution is 7.89. The zero-order chi connectivity index (χ0) is 12.5. The number of hydrogen-bond donors (Lipinski definition) is 1.